The lowest BCUT2D eigenvalue weighted by molar-refractivity contribution is 0.221. The van der Waals surface area contributed by atoms with E-state index < -0.39 is 0 Å². The Labute approximate surface area is 108 Å². The van der Waals surface area contributed by atoms with Gasteiger partial charge in [0.2, 0.25) is 0 Å². The first-order valence-electron chi connectivity index (χ1n) is 6.72. The van der Waals surface area contributed by atoms with Gasteiger partial charge in [0.05, 0.1) is 7.11 Å². The molecule has 0 bridgehead atoms. The molecule has 1 aromatic carbocycles. The highest BCUT2D eigenvalue weighted by molar-refractivity contribution is 5.32. The summed E-state index contributed by atoms with van der Waals surface area (Å²) in [6.07, 6.45) is 5.83. The fraction of sp³-hybridized carbons (Fsp3) is 0.600. The molecule has 0 aromatic heterocycles. The molecule has 1 aromatic rings. The fourth-order valence-corrected chi connectivity index (χ4v) is 3.19. The van der Waals surface area contributed by atoms with Crippen LogP contribution in [0.2, 0.25) is 0 Å². The maximum absolute atomic E-state index is 13.7. The van der Waals surface area contributed by atoms with Gasteiger partial charge in [-0.1, -0.05) is 25.8 Å². The molecule has 0 saturated heterocycles. The Balaban J connectivity index is 2.27. The van der Waals surface area contributed by atoms with Crippen LogP contribution in [-0.4, -0.2) is 7.11 Å². The van der Waals surface area contributed by atoms with E-state index in [4.69, 9.17) is 10.5 Å². The van der Waals surface area contributed by atoms with Gasteiger partial charge >= 0.3 is 0 Å². The largest absolute Gasteiger partial charge is 0.494 e. The molecule has 1 aliphatic rings. The molecule has 0 spiro atoms. The van der Waals surface area contributed by atoms with Crippen molar-refractivity contribution in [2.45, 2.75) is 45.1 Å². The van der Waals surface area contributed by atoms with Crippen LogP contribution in [0.3, 0.4) is 0 Å². The first-order chi connectivity index (χ1) is 8.63. The number of ether oxygens (including phenoxy) is 1. The maximum atomic E-state index is 13.7. The fourth-order valence-electron chi connectivity index (χ4n) is 3.19. The molecule has 1 unspecified atom stereocenters. The third kappa shape index (κ3) is 2.24. The van der Waals surface area contributed by atoms with Crippen LogP contribution in [0.4, 0.5) is 4.39 Å². The predicted molar refractivity (Wildman–Crippen MR) is 71.1 cm³/mol. The average molecular weight is 251 g/mol. The summed E-state index contributed by atoms with van der Waals surface area (Å²) in [5.74, 6) is -0.0439. The van der Waals surface area contributed by atoms with Crippen molar-refractivity contribution in [2.75, 3.05) is 7.11 Å². The molecule has 2 nitrogen and oxygen atoms in total. The molecule has 2 N–H and O–H groups in total. The lowest BCUT2D eigenvalue weighted by atomic mass is 9.74. The third-order valence-corrected chi connectivity index (χ3v) is 4.50. The molecule has 18 heavy (non-hydrogen) atoms. The lowest BCUT2D eigenvalue weighted by Gasteiger charge is -2.34. The minimum atomic E-state index is -0.324. The molecule has 1 atom stereocenters. The number of rotatable bonds is 4. The second kappa shape index (κ2) is 5.27. The Morgan fingerprint density at radius 2 is 2.06 bits per heavy atom. The van der Waals surface area contributed by atoms with Crippen LogP contribution in [0.5, 0.6) is 5.75 Å². The summed E-state index contributed by atoms with van der Waals surface area (Å²) in [4.78, 5) is 0. The summed E-state index contributed by atoms with van der Waals surface area (Å²) in [7, 11) is 1.47. The summed E-state index contributed by atoms with van der Waals surface area (Å²) < 4.78 is 18.7. The van der Waals surface area contributed by atoms with Gasteiger partial charge in [-0.3, -0.25) is 0 Å². The van der Waals surface area contributed by atoms with Gasteiger partial charge in [0.1, 0.15) is 0 Å². The van der Waals surface area contributed by atoms with E-state index in [9.17, 15) is 4.39 Å². The second-order valence-corrected chi connectivity index (χ2v) is 5.29. The van der Waals surface area contributed by atoms with E-state index >= 15 is 0 Å². The molecule has 0 heterocycles. The van der Waals surface area contributed by atoms with Crippen molar-refractivity contribution in [3.63, 3.8) is 0 Å². The van der Waals surface area contributed by atoms with Crippen LogP contribution in [0.1, 0.15) is 50.6 Å². The molecule has 0 amide bonds. The molecular weight excluding hydrogens is 229 g/mol. The number of halogens is 1. The summed E-state index contributed by atoms with van der Waals surface area (Å²) in [5, 5.41) is 0. The Kier molecular flexibility index (Phi) is 3.91. The van der Waals surface area contributed by atoms with Crippen LogP contribution >= 0.6 is 0 Å². The molecule has 0 aliphatic heterocycles. The van der Waals surface area contributed by atoms with Gasteiger partial charge in [-0.15, -0.1) is 0 Å². The zero-order valence-electron chi connectivity index (χ0n) is 11.2. The SMILES string of the molecule is CCC1(C(N)c2ccc(OC)c(F)c2)CCCC1. The highest BCUT2D eigenvalue weighted by Gasteiger charge is 2.38. The highest BCUT2D eigenvalue weighted by Crippen LogP contribution is 2.49. The summed E-state index contributed by atoms with van der Waals surface area (Å²) in [6.45, 7) is 2.19. The van der Waals surface area contributed by atoms with Gasteiger partial charge in [-0.2, -0.15) is 0 Å². The monoisotopic (exact) mass is 251 g/mol. The van der Waals surface area contributed by atoms with Crippen molar-refractivity contribution >= 4 is 0 Å². The molecule has 2 rings (SSSR count). The van der Waals surface area contributed by atoms with Crippen molar-refractivity contribution in [1.82, 2.24) is 0 Å². The van der Waals surface area contributed by atoms with Gasteiger partial charge in [0.15, 0.2) is 11.6 Å². The van der Waals surface area contributed by atoms with Crippen LogP contribution in [0, 0.1) is 11.2 Å². The zero-order chi connectivity index (χ0) is 13.2. The normalized spacial score (nSPS) is 19.8. The lowest BCUT2D eigenvalue weighted by Crippen LogP contribution is -2.31. The van der Waals surface area contributed by atoms with Gasteiger partial charge < -0.3 is 10.5 Å². The predicted octanol–water partition coefficient (Wildman–Crippen LogP) is 3.80. The van der Waals surface area contributed by atoms with Crippen molar-refractivity contribution in [1.29, 1.82) is 0 Å². The minimum absolute atomic E-state index is 0.0783. The topological polar surface area (TPSA) is 35.2 Å². The van der Waals surface area contributed by atoms with E-state index in [2.05, 4.69) is 6.92 Å². The molecule has 1 fully saturated rings. The zero-order valence-corrected chi connectivity index (χ0v) is 11.2. The molecule has 100 valence electrons. The van der Waals surface area contributed by atoms with Crippen molar-refractivity contribution < 1.29 is 9.13 Å². The quantitative estimate of drug-likeness (QED) is 0.883. The van der Waals surface area contributed by atoms with E-state index in [0.717, 1.165) is 24.8 Å². The maximum Gasteiger partial charge on any atom is 0.165 e. The highest BCUT2D eigenvalue weighted by atomic mass is 19.1. The van der Waals surface area contributed by atoms with Crippen LogP contribution in [0.15, 0.2) is 18.2 Å². The Hall–Kier alpha value is -1.09. The minimum Gasteiger partial charge on any atom is -0.494 e. The molecule has 3 heteroatoms. The summed E-state index contributed by atoms with van der Waals surface area (Å²) >= 11 is 0. The number of methoxy groups -OCH3 is 1. The Morgan fingerprint density at radius 3 is 2.56 bits per heavy atom. The third-order valence-electron chi connectivity index (χ3n) is 4.50. The van der Waals surface area contributed by atoms with E-state index in [0.29, 0.717) is 0 Å². The van der Waals surface area contributed by atoms with Crippen LogP contribution in [0.25, 0.3) is 0 Å². The van der Waals surface area contributed by atoms with E-state index in [1.807, 2.05) is 6.07 Å². The molecular formula is C15H22FNO. The number of benzene rings is 1. The smallest absolute Gasteiger partial charge is 0.165 e. The first-order valence-corrected chi connectivity index (χ1v) is 6.72. The van der Waals surface area contributed by atoms with Crippen molar-refractivity contribution in [3.05, 3.63) is 29.6 Å². The molecule has 1 saturated carbocycles. The first kappa shape index (κ1) is 13.3. The Bertz CT molecular complexity index is 413. The van der Waals surface area contributed by atoms with Gasteiger partial charge in [0.25, 0.3) is 0 Å². The molecule has 0 radical (unpaired) electrons. The second-order valence-electron chi connectivity index (χ2n) is 5.29. The summed E-state index contributed by atoms with van der Waals surface area (Å²) in [6, 6.07) is 5.01. The number of nitrogens with two attached hydrogens (primary N) is 1. The van der Waals surface area contributed by atoms with E-state index in [1.54, 1.807) is 6.07 Å². The summed E-state index contributed by atoms with van der Waals surface area (Å²) in [5.41, 5.74) is 7.44. The number of hydrogen-bond acceptors (Lipinski definition) is 2. The van der Waals surface area contributed by atoms with Crippen molar-refractivity contribution in [2.24, 2.45) is 11.1 Å². The van der Waals surface area contributed by atoms with E-state index in [-0.39, 0.29) is 23.0 Å². The standard InChI is InChI=1S/C15H22FNO/c1-3-15(8-4-5-9-15)14(17)11-6-7-13(18-2)12(16)10-11/h6-7,10,14H,3-5,8-9,17H2,1-2H3. The van der Waals surface area contributed by atoms with E-state index in [1.165, 1.54) is 26.0 Å². The molecule has 1 aliphatic carbocycles. The van der Waals surface area contributed by atoms with Gasteiger partial charge in [-0.25, -0.2) is 4.39 Å². The van der Waals surface area contributed by atoms with Gasteiger partial charge in [0, 0.05) is 6.04 Å². The average Bonchev–Trinajstić information content (AvgIpc) is 2.87. The Morgan fingerprint density at radius 1 is 1.39 bits per heavy atom. The van der Waals surface area contributed by atoms with Gasteiger partial charge in [-0.05, 0) is 42.4 Å². The van der Waals surface area contributed by atoms with Crippen LogP contribution in [-0.2, 0) is 0 Å². The van der Waals surface area contributed by atoms with Crippen molar-refractivity contribution in [3.8, 4) is 5.75 Å². The van der Waals surface area contributed by atoms with Crippen LogP contribution < -0.4 is 10.5 Å². The number of hydrogen-bond donors (Lipinski definition) is 1.